The molecule has 0 aliphatic carbocycles. The predicted molar refractivity (Wildman–Crippen MR) is 94.8 cm³/mol. The van der Waals surface area contributed by atoms with Gasteiger partial charge in [-0.05, 0) is 50.2 Å². The Morgan fingerprint density at radius 2 is 2.12 bits per heavy atom. The first-order valence-electron chi connectivity index (χ1n) is 9.36. The van der Waals surface area contributed by atoms with Crippen LogP contribution in [-0.4, -0.2) is 47.0 Å². The average Bonchev–Trinajstić information content (AvgIpc) is 3.22. The number of rotatable bonds is 4. The molecule has 3 atom stereocenters. The summed E-state index contributed by atoms with van der Waals surface area (Å²) in [6.45, 7) is 1.57. The van der Waals surface area contributed by atoms with Crippen molar-refractivity contribution in [2.45, 2.75) is 56.7 Å². The summed E-state index contributed by atoms with van der Waals surface area (Å²) >= 11 is 0. The van der Waals surface area contributed by atoms with Crippen molar-refractivity contribution in [2.24, 2.45) is 5.92 Å². The topological polar surface area (TPSA) is 81.0 Å². The van der Waals surface area contributed by atoms with Gasteiger partial charge in [-0.15, -0.1) is 0 Å². The minimum absolute atomic E-state index is 0.244. The van der Waals surface area contributed by atoms with E-state index in [0.717, 1.165) is 38.2 Å². The van der Waals surface area contributed by atoms with Crippen molar-refractivity contribution in [2.75, 3.05) is 18.4 Å². The van der Waals surface area contributed by atoms with Crippen LogP contribution in [0.5, 0.6) is 0 Å². The van der Waals surface area contributed by atoms with Crippen LogP contribution in [0.3, 0.4) is 0 Å². The van der Waals surface area contributed by atoms with Crippen molar-refractivity contribution in [1.82, 2.24) is 15.2 Å². The highest BCUT2D eigenvalue weighted by molar-refractivity contribution is 5.77. The number of carbonyl (C=O) groups excluding carboxylic acids is 1. The first kappa shape index (κ1) is 16.3. The zero-order valence-corrected chi connectivity index (χ0v) is 14.4. The summed E-state index contributed by atoms with van der Waals surface area (Å²) in [6, 6.07) is 7.20. The molecule has 3 fully saturated rings. The van der Waals surface area contributed by atoms with E-state index in [-0.39, 0.29) is 6.04 Å². The van der Waals surface area contributed by atoms with Crippen LogP contribution in [0.4, 0.5) is 5.82 Å². The van der Waals surface area contributed by atoms with Gasteiger partial charge in [0, 0.05) is 43.8 Å². The summed E-state index contributed by atoms with van der Waals surface area (Å²) in [4.78, 5) is 18.9. The number of nitriles is 1. The molecule has 6 heteroatoms. The summed E-state index contributed by atoms with van der Waals surface area (Å²) < 4.78 is 0. The van der Waals surface area contributed by atoms with Gasteiger partial charge in [-0.25, -0.2) is 4.98 Å². The van der Waals surface area contributed by atoms with Gasteiger partial charge in [0.25, 0.3) is 0 Å². The molecule has 2 bridgehead atoms. The standard InChI is InChI=1S/C19H25N5O/c20-10-13-1-4-18(21-11-13)23-17-5-6-24(12-17)19(25)9-14-7-15-2-3-16(8-14)22-15/h1,4,11,14-17,22H,2-3,5-9,12H2,(H,21,23)/t14?,15?,16?,17-/m1/s1. The Morgan fingerprint density at radius 1 is 1.32 bits per heavy atom. The van der Waals surface area contributed by atoms with Gasteiger partial charge < -0.3 is 15.5 Å². The lowest BCUT2D eigenvalue weighted by Crippen LogP contribution is -2.40. The second-order valence-electron chi connectivity index (χ2n) is 7.69. The number of aromatic nitrogens is 1. The van der Waals surface area contributed by atoms with E-state index in [0.29, 0.717) is 35.9 Å². The second-order valence-corrected chi connectivity index (χ2v) is 7.69. The maximum Gasteiger partial charge on any atom is 0.222 e. The number of anilines is 1. The maximum absolute atomic E-state index is 12.7. The van der Waals surface area contributed by atoms with Crippen LogP contribution < -0.4 is 10.6 Å². The van der Waals surface area contributed by atoms with Gasteiger partial charge in [-0.2, -0.15) is 5.26 Å². The van der Waals surface area contributed by atoms with Gasteiger partial charge in [0.05, 0.1) is 5.56 Å². The molecule has 3 aliphatic heterocycles. The molecule has 2 N–H and O–H groups in total. The maximum atomic E-state index is 12.7. The van der Waals surface area contributed by atoms with E-state index >= 15 is 0 Å². The van der Waals surface area contributed by atoms with E-state index < -0.39 is 0 Å². The molecular formula is C19H25N5O. The van der Waals surface area contributed by atoms with Crippen LogP contribution in [0.25, 0.3) is 0 Å². The van der Waals surface area contributed by atoms with Gasteiger partial charge in [0.2, 0.25) is 5.91 Å². The molecule has 25 heavy (non-hydrogen) atoms. The quantitative estimate of drug-likeness (QED) is 0.875. The van der Waals surface area contributed by atoms with E-state index in [2.05, 4.69) is 21.7 Å². The molecule has 1 aromatic heterocycles. The minimum Gasteiger partial charge on any atom is -0.365 e. The number of fused-ring (bicyclic) bond motifs is 2. The van der Waals surface area contributed by atoms with Crippen LogP contribution in [0.15, 0.2) is 18.3 Å². The van der Waals surface area contributed by atoms with Gasteiger partial charge in [-0.1, -0.05) is 0 Å². The van der Waals surface area contributed by atoms with Crippen LogP contribution in [0, 0.1) is 17.2 Å². The van der Waals surface area contributed by atoms with Crippen molar-refractivity contribution in [1.29, 1.82) is 5.26 Å². The molecule has 0 spiro atoms. The van der Waals surface area contributed by atoms with Crippen molar-refractivity contribution in [3.05, 3.63) is 23.9 Å². The van der Waals surface area contributed by atoms with Crippen LogP contribution in [0.2, 0.25) is 0 Å². The Bertz CT molecular complexity index is 655. The van der Waals surface area contributed by atoms with Crippen molar-refractivity contribution >= 4 is 11.7 Å². The van der Waals surface area contributed by atoms with Gasteiger partial charge in [0.15, 0.2) is 0 Å². The average molecular weight is 339 g/mol. The number of hydrogen-bond donors (Lipinski definition) is 2. The Kier molecular flexibility index (Phi) is 4.58. The Hall–Kier alpha value is -2.13. The predicted octanol–water partition coefficient (Wildman–Crippen LogP) is 1.89. The van der Waals surface area contributed by atoms with E-state index in [4.69, 9.17) is 5.26 Å². The molecule has 3 aliphatic rings. The smallest absolute Gasteiger partial charge is 0.222 e. The SMILES string of the molecule is N#Cc1ccc(N[C@@H]2CCN(C(=O)CC3CC4CCC(C3)N4)C2)nc1. The Morgan fingerprint density at radius 3 is 2.80 bits per heavy atom. The van der Waals surface area contributed by atoms with E-state index in [1.807, 2.05) is 11.0 Å². The van der Waals surface area contributed by atoms with Crippen molar-refractivity contribution < 1.29 is 4.79 Å². The lowest BCUT2D eigenvalue weighted by Gasteiger charge is -2.30. The zero-order valence-electron chi connectivity index (χ0n) is 14.4. The highest BCUT2D eigenvalue weighted by atomic mass is 16.2. The van der Waals surface area contributed by atoms with Crippen LogP contribution >= 0.6 is 0 Å². The lowest BCUT2D eigenvalue weighted by atomic mass is 9.89. The lowest BCUT2D eigenvalue weighted by molar-refractivity contribution is -0.131. The third-order valence-corrected chi connectivity index (χ3v) is 5.82. The number of nitrogens with one attached hydrogen (secondary N) is 2. The molecule has 4 heterocycles. The Labute approximate surface area is 148 Å². The summed E-state index contributed by atoms with van der Waals surface area (Å²) in [7, 11) is 0. The van der Waals surface area contributed by atoms with Gasteiger partial charge in [0.1, 0.15) is 11.9 Å². The number of nitrogens with zero attached hydrogens (tertiary/aromatic N) is 3. The van der Waals surface area contributed by atoms with Crippen molar-refractivity contribution in [3.63, 3.8) is 0 Å². The van der Waals surface area contributed by atoms with E-state index in [9.17, 15) is 4.79 Å². The largest absolute Gasteiger partial charge is 0.365 e. The number of pyridine rings is 1. The molecule has 2 unspecified atom stereocenters. The third-order valence-electron chi connectivity index (χ3n) is 5.82. The fraction of sp³-hybridized carbons (Fsp3) is 0.632. The molecule has 0 saturated carbocycles. The normalized spacial score (nSPS) is 30.9. The Balaban J connectivity index is 1.26. The number of likely N-dealkylation sites (tertiary alicyclic amines) is 1. The first-order chi connectivity index (χ1) is 12.2. The molecule has 3 saturated heterocycles. The second kappa shape index (κ2) is 7.01. The molecule has 4 rings (SSSR count). The monoisotopic (exact) mass is 339 g/mol. The minimum atomic E-state index is 0.244. The molecule has 1 aromatic rings. The molecular weight excluding hydrogens is 314 g/mol. The molecule has 6 nitrogen and oxygen atoms in total. The zero-order chi connectivity index (χ0) is 17.2. The highest BCUT2D eigenvalue weighted by Gasteiger charge is 2.35. The van der Waals surface area contributed by atoms with Gasteiger partial charge >= 0.3 is 0 Å². The number of amides is 1. The fourth-order valence-electron chi connectivity index (χ4n) is 4.58. The van der Waals surface area contributed by atoms with E-state index in [1.54, 1.807) is 12.3 Å². The van der Waals surface area contributed by atoms with Gasteiger partial charge in [-0.3, -0.25) is 4.79 Å². The summed E-state index contributed by atoms with van der Waals surface area (Å²) in [5.41, 5.74) is 0.560. The number of piperidine rings is 1. The molecule has 0 radical (unpaired) electrons. The molecule has 0 aromatic carbocycles. The summed E-state index contributed by atoms with van der Waals surface area (Å²) in [6.07, 6.45) is 8.11. The number of hydrogen-bond acceptors (Lipinski definition) is 5. The summed E-state index contributed by atoms with van der Waals surface area (Å²) in [5.74, 6) is 1.63. The third kappa shape index (κ3) is 3.77. The highest BCUT2D eigenvalue weighted by Crippen LogP contribution is 2.33. The van der Waals surface area contributed by atoms with Crippen LogP contribution in [-0.2, 0) is 4.79 Å². The fourth-order valence-corrected chi connectivity index (χ4v) is 4.58. The number of carbonyl (C=O) groups is 1. The first-order valence-corrected chi connectivity index (χ1v) is 9.36. The van der Waals surface area contributed by atoms with E-state index in [1.165, 1.54) is 12.8 Å². The molecule has 1 amide bonds. The summed E-state index contributed by atoms with van der Waals surface area (Å²) in [5, 5.41) is 15.8. The van der Waals surface area contributed by atoms with Crippen molar-refractivity contribution in [3.8, 4) is 6.07 Å². The molecule has 132 valence electrons. The van der Waals surface area contributed by atoms with Crippen LogP contribution in [0.1, 0.15) is 44.1 Å².